The molecule has 0 radical (unpaired) electrons. The maximum atomic E-state index is 14.8. The van der Waals surface area contributed by atoms with Crippen LogP contribution in [-0.4, -0.2) is 56.8 Å². The van der Waals surface area contributed by atoms with Gasteiger partial charge in [0.2, 0.25) is 5.91 Å². The number of benzene rings is 2. The molecule has 1 unspecified atom stereocenters. The van der Waals surface area contributed by atoms with Gasteiger partial charge in [-0.05, 0) is 30.0 Å². The summed E-state index contributed by atoms with van der Waals surface area (Å²) in [7, 11) is 0. The molecule has 35 heavy (non-hydrogen) atoms. The number of nitrogens with zero attached hydrogens (tertiary/aromatic N) is 5. The van der Waals surface area contributed by atoms with Crippen molar-refractivity contribution in [3.8, 4) is 0 Å². The highest BCUT2D eigenvalue weighted by Gasteiger charge is 2.38. The quantitative estimate of drug-likeness (QED) is 0.571. The van der Waals surface area contributed by atoms with Crippen LogP contribution in [-0.2, 0) is 24.3 Å². The molecular weight excluding hydrogens is 447 g/mol. The first-order chi connectivity index (χ1) is 17.1. The van der Waals surface area contributed by atoms with Gasteiger partial charge >= 0.3 is 6.03 Å². The zero-order chi connectivity index (χ0) is 24.2. The van der Waals surface area contributed by atoms with Gasteiger partial charge < -0.3 is 14.4 Å². The van der Waals surface area contributed by atoms with Gasteiger partial charge in [0.05, 0.1) is 6.33 Å². The number of nitrogens with one attached hydrogen (secondary N) is 1. The van der Waals surface area contributed by atoms with Crippen LogP contribution in [0.2, 0.25) is 0 Å². The number of imidazole rings is 1. The lowest BCUT2D eigenvalue weighted by Crippen LogP contribution is -2.37. The molecule has 0 aliphatic carbocycles. The maximum absolute atomic E-state index is 14.8. The number of aliphatic imine (C=N–C) groups is 1. The van der Waals surface area contributed by atoms with Crippen LogP contribution in [0, 0.1) is 5.82 Å². The van der Waals surface area contributed by atoms with Crippen LogP contribution in [0.1, 0.15) is 29.2 Å². The van der Waals surface area contributed by atoms with Crippen LogP contribution in [0.5, 0.6) is 0 Å². The number of carbonyl (C=O) groups excluding carboxylic acids is 2. The third-order valence-corrected chi connectivity index (χ3v) is 6.51. The number of urea groups is 1. The van der Waals surface area contributed by atoms with Crippen molar-refractivity contribution in [1.82, 2.24) is 24.7 Å². The Labute approximate surface area is 203 Å². The van der Waals surface area contributed by atoms with Gasteiger partial charge in [-0.25, -0.2) is 14.2 Å². The van der Waals surface area contributed by atoms with Crippen LogP contribution in [0.15, 0.2) is 72.2 Å². The molecule has 180 valence electrons. The molecule has 3 aromatic rings. The molecule has 1 fully saturated rings. The molecule has 2 aliphatic rings. The van der Waals surface area contributed by atoms with E-state index in [9.17, 15) is 14.0 Å². The minimum Gasteiger partial charge on any atom is -0.337 e. The van der Waals surface area contributed by atoms with Crippen molar-refractivity contribution in [3.05, 3.63) is 89.8 Å². The summed E-state index contributed by atoms with van der Waals surface area (Å²) in [6.45, 7) is 2.15. The van der Waals surface area contributed by atoms with Gasteiger partial charge in [0.25, 0.3) is 0 Å². The number of carbonyl (C=O) groups is 2. The van der Waals surface area contributed by atoms with Gasteiger partial charge in [0, 0.05) is 44.1 Å². The SMILES string of the molecule is O=C(CN=C1NC(=O)N(CCCn2ccnc2)C1c1ccccc1F)N1CCc2ccccc2C1. The largest absolute Gasteiger partial charge is 0.337 e. The molecular formula is C26H27FN6O2. The Morgan fingerprint density at radius 3 is 2.71 bits per heavy atom. The van der Waals surface area contributed by atoms with Gasteiger partial charge in [-0.1, -0.05) is 42.5 Å². The number of rotatable bonds is 7. The van der Waals surface area contributed by atoms with Crippen molar-refractivity contribution in [2.45, 2.75) is 32.0 Å². The molecule has 1 atom stereocenters. The Morgan fingerprint density at radius 1 is 1.11 bits per heavy atom. The smallest absolute Gasteiger partial charge is 0.323 e. The van der Waals surface area contributed by atoms with Gasteiger partial charge in [-0.2, -0.15) is 0 Å². The summed E-state index contributed by atoms with van der Waals surface area (Å²) in [5, 5.41) is 2.78. The highest BCUT2D eigenvalue weighted by Crippen LogP contribution is 2.29. The van der Waals surface area contributed by atoms with E-state index in [-0.39, 0.29) is 18.5 Å². The number of amidine groups is 1. The van der Waals surface area contributed by atoms with Crippen molar-refractivity contribution in [2.24, 2.45) is 4.99 Å². The summed E-state index contributed by atoms with van der Waals surface area (Å²) in [5.74, 6) is -0.235. The number of hydrogen-bond donors (Lipinski definition) is 1. The first-order valence-corrected chi connectivity index (χ1v) is 11.8. The van der Waals surface area contributed by atoms with Crippen molar-refractivity contribution in [1.29, 1.82) is 0 Å². The summed E-state index contributed by atoms with van der Waals surface area (Å²) in [6, 6.07) is 13.4. The van der Waals surface area contributed by atoms with Crippen molar-refractivity contribution >= 4 is 17.8 Å². The maximum Gasteiger partial charge on any atom is 0.323 e. The lowest BCUT2D eigenvalue weighted by molar-refractivity contribution is -0.130. The third-order valence-electron chi connectivity index (χ3n) is 6.51. The number of fused-ring (bicyclic) bond motifs is 1. The Hall–Kier alpha value is -4.01. The van der Waals surface area contributed by atoms with E-state index in [4.69, 9.17) is 0 Å². The number of amides is 3. The molecule has 2 aromatic carbocycles. The normalized spacial score (nSPS) is 18.6. The van der Waals surface area contributed by atoms with Crippen LogP contribution < -0.4 is 5.32 Å². The van der Waals surface area contributed by atoms with E-state index < -0.39 is 11.9 Å². The van der Waals surface area contributed by atoms with Crippen LogP contribution >= 0.6 is 0 Å². The van der Waals surface area contributed by atoms with Gasteiger partial charge in [0.1, 0.15) is 24.2 Å². The molecule has 0 bridgehead atoms. The molecule has 1 aromatic heterocycles. The van der Waals surface area contributed by atoms with E-state index in [0.717, 1.165) is 12.0 Å². The summed E-state index contributed by atoms with van der Waals surface area (Å²) < 4.78 is 16.7. The second kappa shape index (κ2) is 10.1. The minimum atomic E-state index is -0.707. The lowest BCUT2D eigenvalue weighted by atomic mass is 10.00. The predicted octanol–water partition coefficient (Wildman–Crippen LogP) is 3.16. The molecule has 2 aliphatic heterocycles. The average Bonchev–Trinajstić information content (AvgIpc) is 3.50. The first-order valence-electron chi connectivity index (χ1n) is 11.8. The number of hydrogen-bond acceptors (Lipinski definition) is 4. The summed E-state index contributed by atoms with van der Waals surface area (Å²) in [4.78, 5) is 37.7. The summed E-state index contributed by atoms with van der Waals surface area (Å²) >= 11 is 0. The van der Waals surface area contributed by atoms with Crippen LogP contribution in [0.3, 0.4) is 0 Å². The van der Waals surface area contributed by atoms with Crippen molar-refractivity contribution < 1.29 is 14.0 Å². The average molecular weight is 475 g/mol. The van der Waals surface area contributed by atoms with Crippen molar-refractivity contribution in [3.63, 3.8) is 0 Å². The number of halogens is 1. The molecule has 1 N–H and O–H groups in total. The molecule has 1 saturated heterocycles. The predicted molar refractivity (Wildman–Crippen MR) is 129 cm³/mol. The first kappa shape index (κ1) is 22.8. The topological polar surface area (TPSA) is 82.8 Å². The van der Waals surface area contributed by atoms with E-state index in [0.29, 0.717) is 44.0 Å². The highest BCUT2D eigenvalue weighted by atomic mass is 19.1. The Balaban J connectivity index is 1.32. The molecule has 9 heteroatoms. The Morgan fingerprint density at radius 2 is 1.91 bits per heavy atom. The van der Waals surface area contributed by atoms with E-state index in [1.807, 2.05) is 29.0 Å². The van der Waals surface area contributed by atoms with Crippen molar-refractivity contribution in [2.75, 3.05) is 19.6 Å². The fourth-order valence-corrected chi connectivity index (χ4v) is 4.69. The summed E-state index contributed by atoms with van der Waals surface area (Å²) in [6.07, 6.45) is 6.74. The number of aromatic nitrogens is 2. The summed E-state index contributed by atoms with van der Waals surface area (Å²) in [5.41, 5.74) is 2.76. The van der Waals surface area contributed by atoms with Crippen LogP contribution in [0.25, 0.3) is 0 Å². The lowest BCUT2D eigenvalue weighted by Gasteiger charge is -2.28. The molecule has 0 spiro atoms. The fourth-order valence-electron chi connectivity index (χ4n) is 4.69. The second-order valence-corrected chi connectivity index (χ2v) is 8.74. The highest BCUT2D eigenvalue weighted by molar-refractivity contribution is 6.08. The van der Waals surface area contributed by atoms with Crippen LogP contribution in [0.4, 0.5) is 9.18 Å². The molecule has 5 rings (SSSR count). The third kappa shape index (κ3) is 4.94. The van der Waals surface area contributed by atoms with E-state index in [1.165, 1.54) is 11.6 Å². The molecule has 8 nitrogen and oxygen atoms in total. The van der Waals surface area contributed by atoms with E-state index in [2.05, 4.69) is 21.4 Å². The van der Waals surface area contributed by atoms with Gasteiger partial charge in [0.15, 0.2) is 0 Å². The minimum absolute atomic E-state index is 0.106. The second-order valence-electron chi connectivity index (χ2n) is 8.74. The Bertz CT molecular complexity index is 1240. The zero-order valence-electron chi connectivity index (χ0n) is 19.3. The molecule has 0 saturated carbocycles. The van der Waals surface area contributed by atoms with E-state index >= 15 is 0 Å². The van der Waals surface area contributed by atoms with Gasteiger partial charge in [-0.3, -0.25) is 15.1 Å². The Kier molecular flexibility index (Phi) is 6.56. The monoisotopic (exact) mass is 474 g/mol. The fraction of sp³-hybridized carbons (Fsp3) is 0.308. The number of aryl methyl sites for hydroxylation is 1. The standard InChI is InChI=1S/C26H27FN6O2/c27-22-9-4-3-8-21(22)24-25(30-26(35)33(24)13-5-12-31-15-11-28-18-31)29-16-23(34)32-14-10-19-6-1-2-7-20(19)17-32/h1-4,6-9,11,15,18,24H,5,10,12-14,16-17H2,(H,29,30,35). The van der Waals surface area contributed by atoms with Gasteiger partial charge in [-0.15, -0.1) is 0 Å². The molecule has 3 heterocycles. The van der Waals surface area contributed by atoms with E-state index in [1.54, 1.807) is 40.5 Å². The zero-order valence-corrected chi connectivity index (χ0v) is 19.3. The molecule has 3 amide bonds.